The number of carbonyl (C=O) groups is 2. The summed E-state index contributed by atoms with van der Waals surface area (Å²) in [6.07, 6.45) is 0.165. The van der Waals surface area contributed by atoms with E-state index in [1.807, 2.05) is 6.92 Å². The van der Waals surface area contributed by atoms with E-state index in [2.05, 4.69) is 5.32 Å². The van der Waals surface area contributed by atoms with Gasteiger partial charge in [0.25, 0.3) is 0 Å². The van der Waals surface area contributed by atoms with Crippen LogP contribution in [0.15, 0.2) is 42.5 Å². The molecule has 2 aromatic rings. The normalized spacial score (nSPS) is 11.6. The van der Waals surface area contributed by atoms with Crippen molar-refractivity contribution in [2.75, 3.05) is 13.7 Å². The van der Waals surface area contributed by atoms with Crippen LogP contribution in [0.3, 0.4) is 0 Å². The molecule has 0 aliphatic heterocycles. The van der Waals surface area contributed by atoms with Crippen LogP contribution in [-0.4, -0.2) is 25.4 Å². The first-order valence-electron chi connectivity index (χ1n) is 8.83. The van der Waals surface area contributed by atoms with Gasteiger partial charge >= 0.3 is 0 Å². The first-order chi connectivity index (χ1) is 12.9. The van der Waals surface area contributed by atoms with Gasteiger partial charge in [0.05, 0.1) is 19.8 Å². The number of Topliss-reactive ketones (excluding diaryl/α,β-unsaturated/α-hetero) is 1. The number of hydrogen-bond donors (Lipinski definition) is 1. The predicted molar refractivity (Wildman–Crippen MR) is 101 cm³/mol. The molecule has 0 fully saturated rings. The van der Waals surface area contributed by atoms with Gasteiger partial charge in [-0.3, -0.25) is 9.59 Å². The second-order valence-corrected chi connectivity index (χ2v) is 6.06. The van der Waals surface area contributed by atoms with Crippen molar-refractivity contribution in [1.82, 2.24) is 5.32 Å². The molecule has 5 nitrogen and oxygen atoms in total. The topological polar surface area (TPSA) is 64.6 Å². The quantitative estimate of drug-likeness (QED) is 0.673. The summed E-state index contributed by atoms with van der Waals surface area (Å²) in [6.45, 7) is 4.20. The van der Waals surface area contributed by atoms with Crippen LogP contribution >= 0.6 is 0 Å². The Morgan fingerprint density at radius 3 is 2.41 bits per heavy atom. The summed E-state index contributed by atoms with van der Waals surface area (Å²) < 4.78 is 24.0. The summed E-state index contributed by atoms with van der Waals surface area (Å²) in [6, 6.07) is 11.0. The zero-order valence-corrected chi connectivity index (χ0v) is 15.8. The molecule has 1 amide bonds. The Hall–Kier alpha value is -2.89. The molecule has 0 heterocycles. The van der Waals surface area contributed by atoms with Gasteiger partial charge in [-0.05, 0) is 55.8 Å². The molecule has 0 saturated carbocycles. The highest BCUT2D eigenvalue weighted by atomic mass is 19.1. The van der Waals surface area contributed by atoms with E-state index in [-0.39, 0.29) is 36.3 Å². The molecule has 2 aromatic carbocycles. The molecular formula is C21H24FNO4. The summed E-state index contributed by atoms with van der Waals surface area (Å²) >= 11 is 0. The number of carbonyl (C=O) groups excluding carboxylic acids is 2. The lowest BCUT2D eigenvalue weighted by atomic mass is 10.1. The lowest BCUT2D eigenvalue weighted by molar-refractivity contribution is -0.121. The van der Waals surface area contributed by atoms with Crippen LogP contribution in [0.2, 0.25) is 0 Å². The van der Waals surface area contributed by atoms with Crippen LogP contribution in [0.4, 0.5) is 4.39 Å². The summed E-state index contributed by atoms with van der Waals surface area (Å²) in [5.74, 6) is -0.0123. The van der Waals surface area contributed by atoms with Crippen LogP contribution in [0, 0.1) is 5.82 Å². The van der Waals surface area contributed by atoms with Gasteiger partial charge in [0.2, 0.25) is 5.91 Å². The Balaban J connectivity index is 1.86. The van der Waals surface area contributed by atoms with Crippen molar-refractivity contribution in [3.8, 4) is 11.5 Å². The number of ether oxygens (including phenoxy) is 2. The molecule has 144 valence electrons. The molecule has 1 N–H and O–H groups in total. The van der Waals surface area contributed by atoms with E-state index in [0.29, 0.717) is 23.5 Å². The Morgan fingerprint density at radius 1 is 1.11 bits per heavy atom. The van der Waals surface area contributed by atoms with Gasteiger partial charge in [-0.25, -0.2) is 4.39 Å². The summed E-state index contributed by atoms with van der Waals surface area (Å²) in [5, 5.41) is 2.77. The highest BCUT2D eigenvalue weighted by Gasteiger charge is 2.14. The largest absolute Gasteiger partial charge is 0.494 e. The Bertz CT molecular complexity index is 789. The van der Waals surface area contributed by atoms with Crippen LogP contribution in [-0.2, 0) is 4.79 Å². The van der Waals surface area contributed by atoms with Crippen LogP contribution in [0.25, 0.3) is 0 Å². The summed E-state index contributed by atoms with van der Waals surface area (Å²) in [7, 11) is 1.39. The molecule has 0 saturated heterocycles. The monoisotopic (exact) mass is 373 g/mol. The molecule has 27 heavy (non-hydrogen) atoms. The molecule has 6 heteroatoms. The molecule has 0 aromatic heterocycles. The summed E-state index contributed by atoms with van der Waals surface area (Å²) in [5.41, 5.74) is 1.16. The molecule has 0 unspecified atom stereocenters. The number of nitrogens with one attached hydrogen (secondary N) is 1. The smallest absolute Gasteiger partial charge is 0.220 e. The van der Waals surface area contributed by atoms with Gasteiger partial charge in [-0.2, -0.15) is 0 Å². The van der Waals surface area contributed by atoms with Crippen molar-refractivity contribution in [2.45, 2.75) is 32.7 Å². The van der Waals surface area contributed by atoms with Crippen LogP contribution in [0.1, 0.15) is 48.7 Å². The highest BCUT2D eigenvalue weighted by molar-refractivity contribution is 5.98. The van der Waals surface area contributed by atoms with Gasteiger partial charge in [0.15, 0.2) is 17.3 Å². The van der Waals surface area contributed by atoms with Crippen molar-refractivity contribution in [3.05, 3.63) is 59.4 Å². The number of methoxy groups -OCH3 is 1. The third-order valence-corrected chi connectivity index (χ3v) is 4.12. The second-order valence-electron chi connectivity index (χ2n) is 6.06. The zero-order valence-electron chi connectivity index (χ0n) is 15.8. The maximum atomic E-state index is 13.8. The number of hydrogen-bond acceptors (Lipinski definition) is 4. The van der Waals surface area contributed by atoms with Crippen molar-refractivity contribution < 1.29 is 23.5 Å². The van der Waals surface area contributed by atoms with Gasteiger partial charge in [0, 0.05) is 18.4 Å². The van der Waals surface area contributed by atoms with E-state index in [1.165, 1.54) is 19.2 Å². The molecule has 2 rings (SSSR count). The third-order valence-electron chi connectivity index (χ3n) is 4.12. The lowest BCUT2D eigenvalue weighted by Crippen LogP contribution is -2.27. The number of amides is 1. The fraction of sp³-hybridized carbons (Fsp3) is 0.333. The van der Waals surface area contributed by atoms with Gasteiger partial charge in [0.1, 0.15) is 5.75 Å². The van der Waals surface area contributed by atoms with Gasteiger partial charge in [-0.15, -0.1) is 0 Å². The van der Waals surface area contributed by atoms with E-state index >= 15 is 0 Å². The third kappa shape index (κ3) is 5.81. The van der Waals surface area contributed by atoms with E-state index in [9.17, 15) is 14.0 Å². The zero-order chi connectivity index (χ0) is 19.8. The first kappa shape index (κ1) is 20.4. The molecule has 0 bridgehead atoms. The first-order valence-corrected chi connectivity index (χ1v) is 8.83. The summed E-state index contributed by atoms with van der Waals surface area (Å²) in [4.78, 5) is 24.3. The average molecular weight is 373 g/mol. The number of ketones is 1. The fourth-order valence-electron chi connectivity index (χ4n) is 2.62. The lowest BCUT2D eigenvalue weighted by Gasteiger charge is -2.15. The van der Waals surface area contributed by atoms with Crippen LogP contribution < -0.4 is 14.8 Å². The Labute approximate surface area is 158 Å². The van der Waals surface area contributed by atoms with Gasteiger partial charge < -0.3 is 14.8 Å². The van der Waals surface area contributed by atoms with Gasteiger partial charge in [-0.1, -0.05) is 6.07 Å². The number of benzene rings is 2. The highest BCUT2D eigenvalue weighted by Crippen LogP contribution is 2.22. The standard InChI is InChI=1S/C21H24FNO4/c1-4-27-17-8-5-15(6-9-17)19(24)10-12-21(25)23-14(2)16-7-11-20(26-3)18(22)13-16/h5-9,11,13-14H,4,10,12H2,1-3H3,(H,23,25)/t14-/m0/s1. The molecule has 0 aliphatic carbocycles. The minimum Gasteiger partial charge on any atom is -0.494 e. The number of rotatable bonds is 9. The van der Waals surface area contributed by atoms with Crippen molar-refractivity contribution in [3.63, 3.8) is 0 Å². The van der Waals surface area contributed by atoms with E-state index in [4.69, 9.17) is 9.47 Å². The molecule has 0 aliphatic rings. The van der Waals surface area contributed by atoms with E-state index in [1.54, 1.807) is 37.3 Å². The van der Waals surface area contributed by atoms with Crippen molar-refractivity contribution in [1.29, 1.82) is 0 Å². The molecule has 0 radical (unpaired) electrons. The van der Waals surface area contributed by atoms with Crippen LogP contribution in [0.5, 0.6) is 11.5 Å². The minimum atomic E-state index is -0.484. The van der Waals surface area contributed by atoms with Crippen molar-refractivity contribution >= 4 is 11.7 Å². The predicted octanol–water partition coefficient (Wildman–Crippen LogP) is 4.07. The molecule has 1 atom stereocenters. The maximum Gasteiger partial charge on any atom is 0.220 e. The fourth-order valence-corrected chi connectivity index (χ4v) is 2.62. The van der Waals surface area contributed by atoms with E-state index in [0.717, 1.165) is 0 Å². The van der Waals surface area contributed by atoms with Crippen molar-refractivity contribution in [2.24, 2.45) is 0 Å². The second kappa shape index (κ2) is 9.71. The Kier molecular flexibility index (Phi) is 7.34. The molecular weight excluding hydrogens is 349 g/mol. The minimum absolute atomic E-state index is 0.0645. The number of halogens is 1. The Morgan fingerprint density at radius 2 is 1.81 bits per heavy atom. The average Bonchev–Trinajstić information content (AvgIpc) is 2.66. The maximum absolute atomic E-state index is 13.8. The molecule has 0 spiro atoms. The SMILES string of the molecule is CCOc1ccc(C(=O)CCC(=O)N[C@@H](C)c2ccc(OC)c(F)c2)cc1. The van der Waals surface area contributed by atoms with E-state index < -0.39 is 5.82 Å².